The first-order valence-corrected chi connectivity index (χ1v) is 4.85. The average molecular weight is 188 g/mol. The van der Waals surface area contributed by atoms with Gasteiger partial charge in [0, 0.05) is 6.42 Å². The van der Waals surface area contributed by atoms with Crippen molar-refractivity contribution in [2.24, 2.45) is 0 Å². The first-order valence-electron chi connectivity index (χ1n) is 4.85. The Morgan fingerprint density at radius 2 is 2.08 bits per heavy atom. The predicted octanol–water partition coefficient (Wildman–Crippen LogP) is 0.634. The third-order valence-corrected chi connectivity index (χ3v) is 2.61. The lowest BCUT2D eigenvalue weighted by atomic mass is 10.0. The van der Waals surface area contributed by atoms with Gasteiger partial charge in [0.2, 0.25) is 0 Å². The van der Waals surface area contributed by atoms with Crippen LogP contribution >= 0.6 is 0 Å². The summed E-state index contributed by atoms with van der Waals surface area (Å²) in [6.07, 6.45) is 0.330. The lowest BCUT2D eigenvalue weighted by molar-refractivity contribution is -0.208. The molecule has 0 aromatic carbocycles. The van der Waals surface area contributed by atoms with Gasteiger partial charge in [0.25, 0.3) is 0 Å². The second-order valence-corrected chi connectivity index (χ2v) is 3.66. The zero-order valence-electron chi connectivity index (χ0n) is 7.97. The van der Waals surface area contributed by atoms with Gasteiger partial charge in [-0.25, -0.2) is 0 Å². The largest absolute Gasteiger partial charge is 0.390 e. The van der Waals surface area contributed by atoms with Gasteiger partial charge in [-0.1, -0.05) is 6.92 Å². The fourth-order valence-corrected chi connectivity index (χ4v) is 1.74. The van der Waals surface area contributed by atoms with E-state index >= 15 is 0 Å². The van der Waals surface area contributed by atoms with Crippen LogP contribution in [-0.2, 0) is 14.2 Å². The highest BCUT2D eigenvalue weighted by molar-refractivity contribution is 4.82. The summed E-state index contributed by atoms with van der Waals surface area (Å²) in [5.41, 5.74) is 0. The molecule has 2 aliphatic heterocycles. The Labute approximate surface area is 77.8 Å². The molecule has 2 aliphatic rings. The molecule has 2 fully saturated rings. The Bertz CT molecular complexity index is 166. The van der Waals surface area contributed by atoms with E-state index in [2.05, 4.69) is 0 Å². The van der Waals surface area contributed by atoms with Crippen molar-refractivity contribution in [3.63, 3.8) is 0 Å². The van der Waals surface area contributed by atoms with Crippen LogP contribution in [0, 0.1) is 0 Å². The van der Waals surface area contributed by atoms with Crippen LogP contribution in [0.4, 0.5) is 0 Å². The topological polar surface area (TPSA) is 47.9 Å². The maximum atomic E-state index is 9.52. The molecule has 5 atom stereocenters. The Kier molecular flexibility index (Phi) is 2.55. The van der Waals surface area contributed by atoms with Crippen molar-refractivity contribution in [2.75, 3.05) is 0 Å². The van der Waals surface area contributed by atoms with Crippen molar-refractivity contribution < 1.29 is 19.3 Å². The summed E-state index contributed by atoms with van der Waals surface area (Å²) >= 11 is 0. The lowest BCUT2D eigenvalue weighted by Crippen LogP contribution is -2.44. The van der Waals surface area contributed by atoms with Gasteiger partial charge < -0.3 is 19.3 Å². The van der Waals surface area contributed by atoms with Gasteiger partial charge in [-0.05, 0) is 13.3 Å². The molecule has 1 N–H and O–H groups in total. The monoisotopic (exact) mass is 188 g/mol. The molecule has 0 bridgehead atoms. The lowest BCUT2D eigenvalue weighted by Gasteiger charge is -2.31. The van der Waals surface area contributed by atoms with E-state index in [1.54, 1.807) is 0 Å². The molecule has 0 amide bonds. The predicted molar refractivity (Wildman–Crippen MR) is 45.0 cm³/mol. The van der Waals surface area contributed by atoms with E-state index in [9.17, 15) is 5.11 Å². The fraction of sp³-hybridized carbons (Fsp3) is 1.00. The number of ether oxygens (including phenoxy) is 3. The normalized spacial score (nSPS) is 50.5. The second-order valence-electron chi connectivity index (χ2n) is 3.66. The van der Waals surface area contributed by atoms with Gasteiger partial charge in [-0.15, -0.1) is 0 Å². The van der Waals surface area contributed by atoms with Crippen LogP contribution in [0.2, 0.25) is 0 Å². The third-order valence-electron chi connectivity index (χ3n) is 2.61. The van der Waals surface area contributed by atoms with E-state index in [1.165, 1.54) is 0 Å². The van der Waals surface area contributed by atoms with Gasteiger partial charge in [-0.2, -0.15) is 0 Å². The number of hydrogen-bond acceptors (Lipinski definition) is 4. The molecular weight excluding hydrogens is 172 g/mol. The van der Waals surface area contributed by atoms with Gasteiger partial charge >= 0.3 is 0 Å². The standard InChI is InChI=1S/C9H16O4/c1-3-8-12-7-4-6(10)5(2)11-9(7)13-8/h5-10H,3-4H2,1-2H3/t5-,6-,7-,8?,9-/m1/s1. The molecule has 76 valence electrons. The number of fused-ring (bicyclic) bond motifs is 1. The van der Waals surface area contributed by atoms with Crippen molar-refractivity contribution in [1.82, 2.24) is 0 Å². The molecule has 4 nitrogen and oxygen atoms in total. The Morgan fingerprint density at radius 1 is 1.31 bits per heavy atom. The van der Waals surface area contributed by atoms with E-state index in [1.807, 2.05) is 13.8 Å². The maximum absolute atomic E-state index is 9.52. The number of hydrogen-bond donors (Lipinski definition) is 1. The molecule has 0 aromatic rings. The summed E-state index contributed by atoms with van der Waals surface area (Å²) < 4.78 is 16.5. The van der Waals surface area contributed by atoms with E-state index in [0.717, 1.165) is 6.42 Å². The highest BCUT2D eigenvalue weighted by Gasteiger charge is 2.43. The second kappa shape index (κ2) is 3.53. The zero-order valence-corrected chi connectivity index (χ0v) is 7.97. The average Bonchev–Trinajstić information content (AvgIpc) is 2.48. The minimum atomic E-state index is -0.430. The summed E-state index contributed by atoms with van der Waals surface area (Å²) in [7, 11) is 0. The number of aliphatic hydroxyl groups excluding tert-OH is 1. The summed E-state index contributed by atoms with van der Waals surface area (Å²) in [6.45, 7) is 3.85. The summed E-state index contributed by atoms with van der Waals surface area (Å²) in [4.78, 5) is 0. The molecule has 0 aromatic heterocycles. The van der Waals surface area contributed by atoms with Crippen molar-refractivity contribution in [3.05, 3.63) is 0 Å². The molecule has 1 unspecified atom stereocenters. The fourth-order valence-electron chi connectivity index (χ4n) is 1.74. The molecule has 0 saturated carbocycles. The van der Waals surface area contributed by atoms with Crippen molar-refractivity contribution in [2.45, 2.75) is 57.6 Å². The minimum absolute atomic E-state index is 0.0869. The van der Waals surface area contributed by atoms with Crippen LogP contribution < -0.4 is 0 Å². The molecule has 2 heterocycles. The van der Waals surface area contributed by atoms with E-state index in [4.69, 9.17) is 14.2 Å². The highest BCUT2D eigenvalue weighted by atomic mass is 16.8. The SMILES string of the molecule is CCC1O[C@H]2O[C@H](C)[C@H](O)C[C@H]2O1. The summed E-state index contributed by atoms with van der Waals surface area (Å²) in [6, 6.07) is 0. The van der Waals surface area contributed by atoms with E-state index < -0.39 is 6.10 Å². The van der Waals surface area contributed by atoms with Crippen molar-refractivity contribution in [3.8, 4) is 0 Å². The molecule has 0 radical (unpaired) electrons. The van der Waals surface area contributed by atoms with Crippen LogP contribution in [0.1, 0.15) is 26.7 Å². The number of rotatable bonds is 1. The molecule has 4 heteroatoms. The van der Waals surface area contributed by atoms with Crippen LogP contribution in [0.5, 0.6) is 0 Å². The quantitative estimate of drug-likeness (QED) is 0.655. The minimum Gasteiger partial charge on any atom is -0.390 e. The highest BCUT2D eigenvalue weighted by Crippen LogP contribution is 2.31. The Hall–Kier alpha value is -0.160. The maximum Gasteiger partial charge on any atom is 0.187 e. The van der Waals surface area contributed by atoms with E-state index in [0.29, 0.717) is 6.42 Å². The molecule has 13 heavy (non-hydrogen) atoms. The van der Waals surface area contributed by atoms with Gasteiger partial charge in [0.05, 0.1) is 12.2 Å². The molecule has 0 spiro atoms. The van der Waals surface area contributed by atoms with Crippen molar-refractivity contribution >= 4 is 0 Å². The molecule has 0 aliphatic carbocycles. The summed E-state index contributed by atoms with van der Waals surface area (Å²) in [5.74, 6) is 0. The zero-order chi connectivity index (χ0) is 9.42. The molecule has 2 saturated heterocycles. The van der Waals surface area contributed by atoms with Gasteiger partial charge in [-0.3, -0.25) is 0 Å². The van der Waals surface area contributed by atoms with Gasteiger partial charge in [0.1, 0.15) is 6.10 Å². The molecule has 2 rings (SSSR count). The first-order chi connectivity index (χ1) is 6.20. The summed E-state index contributed by atoms with van der Waals surface area (Å²) in [5, 5.41) is 9.52. The van der Waals surface area contributed by atoms with Crippen LogP contribution in [0.3, 0.4) is 0 Å². The third kappa shape index (κ3) is 1.72. The Balaban J connectivity index is 1.97. The van der Waals surface area contributed by atoms with Crippen LogP contribution in [-0.4, -0.2) is 36.0 Å². The Morgan fingerprint density at radius 3 is 2.77 bits per heavy atom. The smallest absolute Gasteiger partial charge is 0.187 e. The van der Waals surface area contributed by atoms with Crippen LogP contribution in [0.25, 0.3) is 0 Å². The van der Waals surface area contributed by atoms with Gasteiger partial charge in [0.15, 0.2) is 12.6 Å². The first kappa shape index (κ1) is 9.40. The van der Waals surface area contributed by atoms with E-state index in [-0.39, 0.29) is 24.8 Å². The number of aliphatic hydroxyl groups is 1. The van der Waals surface area contributed by atoms with Crippen LogP contribution in [0.15, 0.2) is 0 Å². The molecular formula is C9H16O4. The van der Waals surface area contributed by atoms with Crippen molar-refractivity contribution in [1.29, 1.82) is 0 Å².